The molecule has 1 aromatic rings. The lowest BCUT2D eigenvalue weighted by Crippen LogP contribution is -2.35. The van der Waals surface area contributed by atoms with Gasteiger partial charge in [-0.15, -0.1) is 0 Å². The lowest BCUT2D eigenvalue weighted by molar-refractivity contribution is -0.152. The third kappa shape index (κ3) is 3.56. The SMILES string of the molecule is O=C(CC1(C(=O)O)CCCCCC1)Nc1ccncc1. The van der Waals surface area contributed by atoms with Gasteiger partial charge in [-0.2, -0.15) is 0 Å². The molecule has 0 saturated heterocycles. The maximum absolute atomic E-state index is 12.1. The molecule has 1 heterocycles. The van der Waals surface area contributed by atoms with E-state index in [1.54, 1.807) is 24.5 Å². The summed E-state index contributed by atoms with van der Waals surface area (Å²) in [5, 5.41) is 12.3. The lowest BCUT2D eigenvalue weighted by Gasteiger charge is -2.27. The Morgan fingerprint density at radius 2 is 1.75 bits per heavy atom. The molecule has 2 rings (SSSR count). The molecule has 0 radical (unpaired) electrons. The van der Waals surface area contributed by atoms with E-state index in [9.17, 15) is 14.7 Å². The van der Waals surface area contributed by atoms with Crippen LogP contribution in [0.15, 0.2) is 24.5 Å². The standard InChI is InChI=1S/C15H20N2O3/c18-13(17-12-5-9-16-10-6-12)11-15(14(19)20)7-3-1-2-4-8-15/h5-6,9-10H,1-4,7-8,11H2,(H,19,20)(H,16,17,18). The minimum atomic E-state index is -0.895. The van der Waals surface area contributed by atoms with E-state index in [0.29, 0.717) is 18.5 Å². The van der Waals surface area contributed by atoms with E-state index < -0.39 is 11.4 Å². The van der Waals surface area contributed by atoms with Crippen molar-refractivity contribution in [2.75, 3.05) is 5.32 Å². The molecule has 20 heavy (non-hydrogen) atoms. The molecule has 0 unspecified atom stereocenters. The predicted molar refractivity (Wildman–Crippen MR) is 75.3 cm³/mol. The Hall–Kier alpha value is -1.91. The molecule has 0 aromatic carbocycles. The largest absolute Gasteiger partial charge is 0.481 e. The van der Waals surface area contributed by atoms with E-state index in [4.69, 9.17) is 0 Å². The molecule has 2 N–H and O–H groups in total. The summed E-state index contributed by atoms with van der Waals surface area (Å²) < 4.78 is 0. The Bertz CT molecular complexity index is 465. The van der Waals surface area contributed by atoms with Gasteiger partial charge in [0.15, 0.2) is 0 Å². The maximum Gasteiger partial charge on any atom is 0.310 e. The van der Waals surface area contributed by atoms with Crippen molar-refractivity contribution < 1.29 is 14.7 Å². The number of anilines is 1. The quantitative estimate of drug-likeness (QED) is 0.829. The summed E-state index contributed by atoms with van der Waals surface area (Å²) >= 11 is 0. The van der Waals surface area contributed by atoms with Crippen molar-refractivity contribution in [3.05, 3.63) is 24.5 Å². The van der Waals surface area contributed by atoms with Gasteiger partial charge >= 0.3 is 5.97 Å². The molecule has 1 fully saturated rings. The van der Waals surface area contributed by atoms with Crippen LogP contribution in [0, 0.1) is 5.41 Å². The van der Waals surface area contributed by atoms with Crippen LogP contribution in [0.1, 0.15) is 44.9 Å². The van der Waals surface area contributed by atoms with Gasteiger partial charge in [0.05, 0.1) is 5.41 Å². The molecule has 0 spiro atoms. The van der Waals surface area contributed by atoms with Crippen LogP contribution in [-0.2, 0) is 9.59 Å². The van der Waals surface area contributed by atoms with Crippen molar-refractivity contribution in [3.63, 3.8) is 0 Å². The summed E-state index contributed by atoms with van der Waals surface area (Å²) in [5.74, 6) is -1.08. The van der Waals surface area contributed by atoms with Crippen LogP contribution in [-0.4, -0.2) is 22.0 Å². The van der Waals surface area contributed by atoms with Gasteiger partial charge in [-0.3, -0.25) is 14.6 Å². The third-order valence-electron chi connectivity index (χ3n) is 3.98. The van der Waals surface area contributed by atoms with Crippen LogP contribution in [0.4, 0.5) is 5.69 Å². The second-order valence-electron chi connectivity index (χ2n) is 5.46. The van der Waals surface area contributed by atoms with E-state index in [0.717, 1.165) is 25.7 Å². The number of nitrogens with one attached hydrogen (secondary N) is 1. The number of aliphatic carboxylic acids is 1. The van der Waals surface area contributed by atoms with Crippen molar-refractivity contribution in [2.45, 2.75) is 44.9 Å². The normalized spacial score (nSPS) is 18.0. The first-order valence-corrected chi connectivity index (χ1v) is 7.06. The summed E-state index contributed by atoms with van der Waals surface area (Å²) in [5.41, 5.74) is -0.243. The molecular formula is C15H20N2O3. The molecule has 5 nitrogen and oxygen atoms in total. The second kappa shape index (κ2) is 6.50. The minimum Gasteiger partial charge on any atom is -0.481 e. The van der Waals surface area contributed by atoms with Gasteiger partial charge in [-0.25, -0.2) is 0 Å². The number of carboxylic acids is 1. The van der Waals surface area contributed by atoms with Gasteiger partial charge in [0, 0.05) is 24.5 Å². The van der Waals surface area contributed by atoms with Gasteiger partial charge in [0.2, 0.25) is 5.91 Å². The molecule has 108 valence electrons. The average molecular weight is 276 g/mol. The molecule has 0 aliphatic heterocycles. The Morgan fingerprint density at radius 1 is 1.15 bits per heavy atom. The first-order chi connectivity index (χ1) is 9.62. The fourth-order valence-electron chi connectivity index (χ4n) is 2.82. The van der Waals surface area contributed by atoms with Gasteiger partial charge in [0.1, 0.15) is 0 Å². The average Bonchev–Trinajstić information content (AvgIpc) is 2.66. The summed E-state index contributed by atoms with van der Waals surface area (Å²) in [6.45, 7) is 0. The topological polar surface area (TPSA) is 79.3 Å². The van der Waals surface area contributed by atoms with Crippen LogP contribution in [0.2, 0.25) is 0 Å². The van der Waals surface area contributed by atoms with E-state index in [1.165, 1.54) is 0 Å². The van der Waals surface area contributed by atoms with Crippen LogP contribution >= 0.6 is 0 Å². The number of carboxylic acid groups (broad SMARTS) is 1. The highest BCUT2D eigenvalue weighted by atomic mass is 16.4. The number of hydrogen-bond donors (Lipinski definition) is 2. The monoisotopic (exact) mass is 276 g/mol. The molecule has 0 bridgehead atoms. The summed E-state index contributed by atoms with van der Waals surface area (Å²) in [6, 6.07) is 3.39. The van der Waals surface area contributed by atoms with Crippen molar-refractivity contribution in [1.29, 1.82) is 0 Å². The van der Waals surface area contributed by atoms with Crippen LogP contribution in [0.3, 0.4) is 0 Å². The molecule has 0 atom stereocenters. The number of pyridine rings is 1. The highest BCUT2D eigenvalue weighted by Gasteiger charge is 2.40. The Labute approximate surface area is 118 Å². The number of aromatic nitrogens is 1. The van der Waals surface area contributed by atoms with Crippen LogP contribution < -0.4 is 5.32 Å². The zero-order valence-corrected chi connectivity index (χ0v) is 11.5. The molecule has 1 amide bonds. The number of nitrogens with zero attached hydrogens (tertiary/aromatic N) is 1. The molecule has 1 aromatic heterocycles. The molecule has 5 heteroatoms. The zero-order chi connectivity index (χ0) is 14.4. The fraction of sp³-hybridized carbons (Fsp3) is 0.533. The number of hydrogen-bond acceptors (Lipinski definition) is 3. The van der Waals surface area contributed by atoms with E-state index in [1.807, 2.05) is 0 Å². The first kappa shape index (κ1) is 14.5. The van der Waals surface area contributed by atoms with Gasteiger partial charge in [-0.05, 0) is 25.0 Å². The lowest BCUT2D eigenvalue weighted by atomic mass is 9.77. The molecule has 1 saturated carbocycles. The van der Waals surface area contributed by atoms with E-state index >= 15 is 0 Å². The molecule has 1 aliphatic carbocycles. The Balaban J connectivity index is 2.04. The Morgan fingerprint density at radius 3 is 2.30 bits per heavy atom. The number of rotatable bonds is 4. The maximum atomic E-state index is 12.1. The second-order valence-corrected chi connectivity index (χ2v) is 5.46. The summed E-state index contributed by atoms with van der Waals surface area (Å²) in [7, 11) is 0. The van der Waals surface area contributed by atoms with Crippen LogP contribution in [0.5, 0.6) is 0 Å². The van der Waals surface area contributed by atoms with Crippen molar-refractivity contribution >= 4 is 17.6 Å². The van der Waals surface area contributed by atoms with E-state index in [2.05, 4.69) is 10.3 Å². The van der Waals surface area contributed by atoms with Crippen LogP contribution in [0.25, 0.3) is 0 Å². The summed E-state index contributed by atoms with van der Waals surface area (Å²) in [6.07, 6.45) is 8.29. The van der Waals surface area contributed by atoms with Gasteiger partial charge < -0.3 is 10.4 Å². The van der Waals surface area contributed by atoms with Gasteiger partial charge in [-0.1, -0.05) is 25.7 Å². The summed E-state index contributed by atoms with van der Waals surface area (Å²) in [4.78, 5) is 27.6. The van der Waals surface area contributed by atoms with Crippen molar-refractivity contribution in [3.8, 4) is 0 Å². The van der Waals surface area contributed by atoms with Crippen molar-refractivity contribution in [1.82, 2.24) is 4.98 Å². The predicted octanol–water partition coefficient (Wildman–Crippen LogP) is 2.84. The molecular weight excluding hydrogens is 256 g/mol. The highest BCUT2D eigenvalue weighted by molar-refractivity contribution is 5.94. The smallest absolute Gasteiger partial charge is 0.310 e. The third-order valence-corrected chi connectivity index (χ3v) is 3.98. The van der Waals surface area contributed by atoms with Crippen molar-refractivity contribution in [2.24, 2.45) is 5.41 Å². The Kier molecular flexibility index (Phi) is 4.71. The minimum absolute atomic E-state index is 0.0463. The first-order valence-electron chi connectivity index (χ1n) is 7.06. The zero-order valence-electron chi connectivity index (χ0n) is 11.5. The van der Waals surface area contributed by atoms with E-state index in [-0.39, 0.29) is 12.3 Å². The fourth-order valence-corrected chi connectivity index (χ4v) is 2.82. The number of amides is 1. The number of carbonyl (C=O) groups excluding carboxylic acids is 1. The highest BCUT2D eigenvalue weighted by Crippen LogP contribution is 2.38. The molecule has 1 aliphatic rings. The van der Waals surface area contributed by atoms with Gasteiger partial charge in [0.25, 0.3) is 0 Å². The number of carbonyl (C=O) groups is 2.